The van der Waals surface area contributed by atoms with E-state index in [0.29, 0.717) is 38.1 Å². The molecular weight excluding hydrogens is 258 g/mol. The van der Waals surface area contributed by atoms with Crippen LogP contribution in [0.2, 0.25) is 0 Å². The number of piperidine rings is 1. The minimum Gasteiger partial charge on any atom is -0.466 e. The van der Waals surface area contributed by atoms with Crippen LogP contribution in [0.1, 0.15) is 30.1 Å². The third-order valence-corrected chi connectivity index (χ3v) is 3.47. The standard InChI is InChI=1S/C14H19N3O3/c1-2-20-14(19)10-5-8-17(9-6-10)13(18)11-4-3-7-16-12(11)15/h3-4,7,10H,2,5-6,8-9H2,1H3,(H2,15,16). The lowest BCUT2D eigenvalue weighted by Crippen LogP contribution is -2.41. The molecule has 1 saturated heterocycles. The van der Waals surface area contributed by atoms with Gasteiger partial charge in [0.1, 0.15) is 5.82 Å². The van der Waals surface area contributed by atoms with Crippen LogP contribution < -0.4 is 5.73 Å². The molecule has 20 heavy (non-hydrogen) atoms. The summed E-state index contributed by atoms with van der Waals surface area (Å²) in [7, 11) is 0. The van der Waals surface area contributed by atoms with Crippen LogP contribution in [0.25, 0.3) is 0 Å². The highest BCUT2D eigenvalue weighted by Gasteiger charge is 2.29. The van der Waals surface area contributed by atoms with Crippen LogP contribution in [0, 0.1) is 5.92 Å². The number of likely N-dealkylation sites (tertiary alicyclic amines) is 1. The highest BCUT2D eigenvalue weighted by Crippen LogP contribution is 2.21. The number of aromatic nitrogens is 1. The molecule has 2 N–H and O–H groups in total. The number of hydrogen-bond donors (Lipinski definition) is 1. The molecule has 2 heterocycles. The molecule has 0 saturated carbocycles. The fourth-order valence-corrected chi connectivity index (χ4v) is 2.35. The van der Waals surface area contributed by atoms with Gasteiger partial charge in [0, 0.05) is 19.3 Å². The van der Waals surface area contributed by atoms with E-state index in [1.165, 1.54) is 0 Å². The van der Waals surface area contributed by atoms with E-state index in [4.69, 9.17) is 10.5 Å². The average Bonchev–Trinajstić information content (AvgIpc) is 2.47. The van der Waals surface area contributed by atoms with Gasteiger partial charge < -0.3 is 15.4 Å². The quantitative estimate of drug-likeness (QED) is 0.835. The molecule has 1 aliphatic rings. The lowest BCUT2D eigenvalue weighted by molar-refractivity contribution is -0.149. The van der Waals surface area contributed by atoms with Gasteiger partial charge in [0.2, 0.25) is 0 Å². The van der Waals surface area contributed by atoms with Crippen molar-refractivity contribution in [3.05, 3.63) is 23.9 Å². The van der Waals surface area contributed by atoms with Crippen LogP contribution in [0.5, 0.6) is 0 Å². The Balaban J connectivity index is 1.96. The van der Waals surface area contributed by atoms with Crippen LogP contribution in [0.4, 0.5) is 5.82 Å². The number of esters is 1. The number of rotatable bonds is 3. The van der Waals surface area contributed by atoms with Crippen molar-refractivity contribution in [1.29, 1.82) is 0 Å². The Kier molecular flexibility index (Phi) is 4.55. The first kappa shape index (κ1) is 14.3. The summed E-state index contributed by atoms with van der Waals surface area (Å²) in [5.41, 5.74) is 6.13. The molecule has 0 aliphatic carbocycles. The van der Waals surface area contributed by atoms with E-state index in [2.05, 4.69) is 4.98 Å². The van der Waals surface area contributed by atoms with Crippen LogP contribution in [0.3, 0.4) is 0 Å². The van der Waals surface area contributed by atoms with Gasteiger partial charge in [0.15, 0.2) is 0 Å². The Morgan fingerprint density at radius 2 is 2.15 bits per heavy atom. The van der Waals surface area contributed by atoms with Gasteiger partial charge in [-0.05, 0) is 31.9 Å². The Morgan fingerprint density at radius 3 is 2.75 bits per heavy atom. The molecule has 0 bridgehead atoms. The second-order valence-corrected chi connectivity index (χ2v) is 4.75. The third kappa shape index (κ3) is 3.07. The zero-order chi connectivity index (χ0) is 14.5. The van der Waals surface area contributed by atoms with Gasteiger partial charge in [-0.25, -0.2) is 4.98 Å². The molecule has 0 radical (unpaired) electrons. The van der Waals surface area contributed by atoms with Gasteiger partial charge >= 0.3 is 5.97 Å². The zero-order valence-corrected chi connectivity index (χ0v) is 11.5. The van der Waals surface area contributed by atoms with E-state index in [0.717, 1.165) is 0 Å². The number of nitrogens with two attached hydrogens (primary N) is 1. The average molecular weight is 277 g/mol. The number of anilines is 1. The van der Waals surface area contributed by atoms with Crippen LogP contribution in [0.15, 0.2) is 18.3 Å². The minimum absolute atomic E-state index is 0.106. The minimum atomic E-state index is -0.166. The maximum atomic E-state index is 12.3. The van der Waals surface area contributed by atoms with E-state index in [1.54, 1.807) is 30.2 Å². The van der Waals surface area contributed by atoms with Gasteiger partial charge in [-0.15, -0.1) is 0 Å². The third-order valence-electron chi connectivity index (χ3n) is 3.47. The van der Waals surface area contributed by atoms with E-state index in [-0.39, 0.29) is 23.6 Å². The molecule has 0 aromatic carbocycles. The predicted molar refractivity (Wildman–Crippen MR) is 73.9 cm³/mol. The molecule has 6 heteroatoms. The van der Waals surface area contributed by atoms with E-state index >= 15 is 0 Å². The lowest BCUT2D eigenvalue weighted by atomic mass is 9.96. The van der Waals surface area contributed by atoms with Crippen molar-refractivity contribution in [1.82, 2.24) is 9.88 Å². The number of hydrogen-bond acceptors (Lipinski definition) is 5. The number of amides is 1. The molecule has 0 unspecified atom stereocenters. The summed E-state index contributed by atoms with van der Waals surface area (Å²) >= 11 is 0. The molecule has 2 rings (SSSR count). The summed E-state index contributed by atoms with van der Waals surface area (Å²) in [6.07, 6.45) is 2.81. The van der Waals surface area contributed by atoms with Crippen molar-refractivity contribution in [2.24, 2.45) is 5.92 Å². The van der Waals surface area contributed by atoms with Crippen LogP contribution in [-0.2, 0) is 9.53 Å². The smallest absolute Gasteiger partial charge is 0.309 e. The largest absolute Gasteiger partial charge is 0.466 e. The van der Waals surface area contributed by atoms with Gasteiger partial charge in [-0.1, -0.05) is 0 Å². The Morgan fingerprint density at radius 1 is 1.45 bits per heavy atom. The number of pyridine rings is 1. The number of nitrogens with zero attached hydrogens (tertiary/aromatic N) is 2. The first-order valence-corrected chi connectivity index (χ1v) is 6.80. The van der Waals surface area contributed by atoms with E-state index < -0.39 is 0 Å². The summed E-state index contributed by atoms with van der Waals surface area (Å²) in [5.74, 6) is -0.159. The van der Waals surface area contributed by atoms with Crippen LogP contribution in [-0.4, -0.2) is 41.5 Å². The molecule has 0 atom stereocenters. The summed E-state index contributed by atoms with van der Waals surface area (Å²) in [5, 5.41) is 0. The summed E-state index contributed by atoms with van der Waals surface area (Å²) in [4.78, 5) is 29.6. The van der Waals surface area contributed by atoms with Crippen molar-refractivity contribution in [3.63, 3.8) is 0 Å². The van der Waals surface area contributed by atoms with Gasteiger partial charge in [0.05, 0.1) is 18.1 Å². The van der Waals surface area contributed by atoms with Gasteiger partial charge in [-0.3, -0.25) is 9.59 Å². The lowest BCUT2D eigenvalue weighted by Gasteiger charge is -2.31. The van der Waals surface area contributed by atoms with Crippen LogP contribution >= 0.6 is 0 Å². The number of carbonyl (C=O) groups is 2. The molecular formula is C14H19N3O3. The first-order chi connectivity index (χ1) is 9.63. The van der Waals surface area contributed by atoms with Crippen molar-refractivity contribution in [3.8, 4) is 0 Å². The molecule has 1 aromatic rings. The van der Waals surface area contributed by atoms with Crippen molar-refractivity contribution in [2.45, 2.75) is 19.8 Å². The van der Waals surface area contributed by atoms with Gasteiger partial charge in [-0.2, -0.15) is 0 Å². The topological polar surface area (TPSA) is 85.5 Å². The second-order valence-electron chi connectivity index (χ2n) is 4.75. The molecule has 1 aliphatic heterocycles. The molecule has 1 fully saturated rings. The fourth-order valence-electron chi connectivity index (χ4n) is 2.35. The normalized spacial score (nSPS) is 15.9. The highest BCUT2D eigenvalue weighted by molar-refractivity contribution is 5.98. The Labute approximate surface area is 117 Å². The van der Waals surface area contributed by atoms with Crippen molar-refractivity contribution >= 4 is 17.7 Å². The van der Waals surface area contributed by atoms with Gasteiger partial charge in [0.25, 0.3) is 5.91 Å². The maximum absolute atomic E-state index is 12.3. The molecule has 1 amide bonds. The number of nitrogen functional groups attached to an aromatic ring is 1. The van der Waals surface area contributed by atoms with E-state index in [9.17, 15) is 9.59 Å². The second kappa shape index (κ2) is 6.36. The monoisotopic (exact) mass is 277 g/mol. The van der Waals surface area contributed by atoms with E-state index in [1.807, 2.05) is 0 Å². The fraction of sp³-hybridized carbons (Fsp3) is 0.500. The molecule has 108 valence electrons. The number of carbonyl (C=O) groups excluding carboxylic acids is 2. The predicted octanol–water partition coefficient (Wildman–Crippen LogP) is 1.08. The zero-order valence-electron chi connectivity index (χ0n) is 11.5. The molecule has 1 aromatic heterocycles. The molecule has 0 spiro atoms. The van der Waals surface area contributed by atoms with Crippen molar-refractivity contribution < 1.29 is 14.3 Å². The summed E-state index contributed by atoms with van der Waals surface area (Å²) in [6.45, 7) is 3.26. The SMILES string of the molecule is CCOC(=O)C1CCN(C(=O)c2cccnc2N)CC1. The Hall–Kier alpha value is -2.11. The number of ether oxygens (including phenoxy) is 1. The Bertz CT molecular complexity index is 496. The first-order valence-electron chi connectivity index (χ1n) is 6.80. The van der Waals surface area contributed by atoms with Crippen molar-refractivity contribution in [2.75, 3.05) is 25.4 Å². The molecule has 6 nitrogen and oxygen atoms in total. The highest BCUT2D eigenvalue weighted by atomic mass is 16.5. The summed E-state index contributed by atoms with van der Waals surface area (Å²) < 4.78 is 5.01. The summed E-state index contributed by atoms with van der Waals surface area (Å²) in [6, 6.07) is 3.36. The maximum Gasteiger partial charge on any atom is 0.309 e.